The third-order valence-electron chi connectivity index (χ3n) is 5.14. The van der Waals surface area contributed by atoms with E-state index in [0.29, 0.717) is 6.54 Å². The summed E-state index contributed by atoms with van der Waals surface area (Å²) < 4.78 is 3.95. The Morgan fingerprint density at radius 3 is 2.71 bits per heavy atom. The molecule has 0 bridgehead atoms. The highest BCUT2D eigenvalue weighted by Crippen LogP contribution is 2.26. The SMILES string of the molecule is CC[C@H](NC(=O)[C@@H]1CCc2nnc(C)n2C1)c1c(C)nn(C)c1C. The fourth-order valence-electron chi connectivity index (χ4n) is 3.64. The quantitative estimate of drug-likeness (QED) is 0.927. The van der Waals surface area contributed by atoms with E-state index in [4.69, 9.17) is 0 Å². The molecule has 2 aromatic rings. The van der Waals surface area contributed by atoms with Crippen LogP contribution in [-0.2, 0) is 24.8 Å². The average Bonchev–Trinajstić information content (AvgIpc) is 3.05. The molecule has 0 unspecified atom stereocenters. The Hall–Kier alpha value is -2.18. The molecule has 3 heterocycles. The number of carbonyl (C=O) groups is 1. The minimum absolute atomic E-state index is 0.00889. The van der Waals surface area contributed by atoms with Crippen LogP contribution in [0.1, 0.15) is 54.4 Å². The van der Waals surface area contributed by atoms with Crippen LogP contribution in [0.4, 0.5) is 0 Å². The van der Waals surface area contributed by atoms with E-state index in [1.165, 1.54) is 0 Å². The van der Waals surface area contributed by atoms with Crippen LogP contribution in [0.2, 0.25) is 0 Å². The molecule has 1 amide bonds. The molecule has 1 N–H and O–H groups in total. The maximum Gasteiger partial charge on any atom is 0.225 e. The first-order chi connectivity index (χ1) is 11.4. The second-order valence-corrected chi connectivity index (χ2v) is 6.69. The molecule has 7 heteroatoms. The number of hydrogen-bond donors (Lipinski definition) is 1. The predicted molar refractivity (Wildman–Crippen MR) is 90.4 cm³/mol. The van der Waals surface area contributed by atoms with Gasteiger partial charge in [-0.2, -0.15) is 5.10 Å². The lowest BCUT2D eigenvalue weighted by Gasteiger charge is -2.26. The van der Waals surface area contributed by atoms with Gasteiger partial charge in [0, 0.05) is 31.3 Å². The number of aromatic nitrogens is 5. The summed E-state index contributed by atoms with van der Waals surface area (Å²) in [4.78, 5) is 12.8. The van der Waals surface area contributed by atoms with Crippen molar-refractivity contribution >= 4 is 5.91 Å². The van der Waals surface area contributed by atoms with Gasteiger partial charge < -0.3 is 9.88 Å². The summed E-state index contributed by atoms with van der Waals surface area (Å²) in [5, 5.41) is 16.0. The van der Waals surface area contributed by atoms with Crippen LogP contribution in [0.3, 0.4) is 0 Å². The molecule has 1 aliphatic heterocycles. The van der Waals surface area contributed by atoms with E-state index < -0.39 is 0 Å². The molecule has 0 saturated carbocycles. The number of nitrogens with one attached hydrogen (secondary N) is 1. The van der Waals surface area contributed by atoms with Gasteiger partial charge in [0.15, 0.2) is 0 Å². The van der Waals surface area contributed by atoms with E-state index in [-0.39, 0.29) is 17.9 Å². The van der Waals surface area contributed by atoms with Gasteiger partial charge >= 0.3 is 0 Å². The molecule has 0 aliphatic carbocycles. The molecule has 2 atom stereocenters. The van der Waals surface area contributed by atoms with Crippen molar-refractivity contribution in [2.75, 3.05) is 0 Å². The lowest BCUT2D eigenvalue weighted by atomic mass is 9.96. The molecule has 24 heavy (non-hydrogen) atoms. The van der Waals surface area contributed by atoms with Crippen LogP contribution in [-0.4, -0.2) is 30.5 Å². The van der Waals surface area contributed by atoms with Gasteiger partial charge in [0.05, 0.1) is 17.7 Å². The van der Waals surface area contributed by atoms with Crippen LogP contribution in [0.15, 0.2) is 0 Å². The summed E-state index contributed by atoms with van der Waals surface area (Å²) in [6.45, 7) is 8.76. The molecule has 0 fully saturated rings. The van der Waals surface area contributed by atoms with E-state index in [9.17, 15) is 4.79 Å². The highest BCUT2D eigenvalue weighted by molar-refractivity contribution is 5.79. The second-order valence-electron chi connectivity index (χ2n) is 6.69. The smallest absolute Gasteiger partial charge is 0.225 e. The summed E-state index contributed by atoms with van der Waals surface area (Å²) in [6.07, 6.45) is 2.48. The maximum atomic E-state index is 12.8. The minimum Gasteiger partial charge on any atom is -0.349 e. The Labute approximate surface area is 142 Å². The lowest BCUT2D eigenvalue weighted by Crippen LogP contribution is -2.38. The molecule has 2 aromatic heterocycles. The summed E-state index contributed by atoms with van der Waals surface area (Å²) in [7, 11) is 1.94. The fourth-order valence-corrected chi connectivity index (χ4v) is 3.64. The normalized spacial score (nSPS) is 18.3. The van der Waals surface area contributed by atoms with Gasteiger partial charge in [-0.1, -0.05) is 6.92 Å². The third kappa shape index (κ3) is 2.83. The molecule has 0 aromatic carbocycles. The van der Waals surface area contributed by atoms with Gasteiger partial charge in [0.25, 0.3) is 0 Å². The Morgan fingerprint density at radius 2 is 2.08 bits per heavy atom. The molecular weight excluding hydrogens is 304 g/mol. The molecule has 0 radical (unpaired) electrons. The monoisotopic (exact) mass is 330 g/mol. The first kappa shape index (κ1) is 16.7. The first-order valence-electron chi connectivity index (χ1n) is 8.61. The Bertz CT molecular complexity index is 759. The van der Waals surface area contributed by atoms with Crippen LogP contribution >= 0.6 is 0 Å². The van der Waals surface area contributed by atoms with Gasteiger partial charge in [-0.05, 0) is 33.6 Å². The zero-order chi connectivity index (χ0) is 17.4. The standard InChI is InChI=1S/C17H26N6O/c1-6-14(16-10(2)21-22(5)11(16)3)18-17(24)13-7-8-15-20-19-12(4)23(15)9-13/h13-14H,6-9H2,1-5H3,(H,18,24)/t13-,14+/m1/s1. The zero-order valence-corrected chi connectivity index (χ0v) is 15.1. The molecule has 1 aliphatic rings. The summed E-state index contributed by atoms with van der Waals surface area (Å²) in [6, 6.07) is 0.00889. The second kappa shape index (κ2) is 6.37. The molecular formula is C17H26N6O. The zero-order valence-electron chi connectivity index (χ0n) is 15.1. The van der Waals surface area contributed by atoms with Crippen molar-refractivity contribution < 1.29 is 4.79 Å². The lowest BCUT2D eigenvalue weighted by molar-refractivity contribution is -0.126. The van der Waals surface area contributed by atoms with Crippen LogP contribution < -0.4 is 5.32 Å². The van der Waals surface area contributed by atoms with E-state index in [2.05, 4.69) is 39.0 Å². The summed E-state index contributed by atoms with van der Waals surface area (Å²) >= 11 is 0. The van der Waals surface area contributed by atoms with Gasteiger partial charge in [-0.15, -0.1) is 10.2 Å². The topological polar surface area (TPSA) is 77.6 Å². The number of amides is 1. The number of nitrogens with zero attached hydrogens (tertiary/aromatic N) is 5. The van der Waals surface area contributed by atoms with E-state index in [0.717, 1.165) is 47.9 Å². The maximum absolute atomic E-state index is 12.8. The summed E-state index contributed by atoms with van der Waals surface area (Å²) in [5.41, 5.74) is 3.24. The highest BCUT2D eigenvalue weighted by atomic mass is 16.2. The molecule has 0 saturated heterocycles. The van der Waals surface area contributed by atoms with E-state index >= 15 is 0 Å². The Morgan fingerprint density at radius 1 is 1.33 bits per heavy atom. The predicted octanol–water partition coefficient (Wildman–Crippen LogP) is 1.77. The number of carbonyl (C=O) groups excluding carboxylic acids is 1. The van der Waals surface area contributed by atoms with Crippen molar-refractivity contribution in [3.05, 3.63) is 28.6 Å². The van der Waals surface area contributed by atoms with Gasteiger partial charge in [0.2, 0.25) is 5.91 Å². The van der Waals surface area contributed by atoms with Crippen molar-refractivity contribution in [1.29, 1.82) is 0 Å². The van der Waals surface area contributed by atoms with Crippen molar-refractivity contribution in [3.8, 4) is 0 Å². The van der Waals surface area contributed by atoms with E-state index in [1.807, 2.05) is 25.6 Å². The number of rotatable bonds is 4. The number of fused-ring (bicyclic) bond motifs is 1. The molecule has 3 rings (SSSR count). The van der Waals surface area contributed by atoms with Crippen LogP contribution in [0.5, 0.6) is 0 Å². The number of hydrogen-bond acceptors (Lipinski definition) is 4. The molecule has 130 valence electrons. The molecule has 0 spiro atoms. The average molecular weight is 330 g/mol. The highest BCUT2D eigenvalue weighted by Gasteiger charge is 2.29. The largest absolute Gasteiger partial charge is 0.349 e. The number of aryl methyl sites for hydroxylation is 4. The van der Waals surface area contributed by atoms with Crippen LogP contribution in [0, 0.1) is 26.7 Å². The summed E-state index contributed by atoms with van der Waals surface area (Å²) in [5.74, 6) is 1.96. The van der Waals surface area contributed by atoms with Crippen molar-refractivity contribution in [2.45, 2.75) is 59.5 Å². The fraction of sp³-hybridized carbons (Fsp3) is 0.647. The minimum atomic E-state index is -0.0291. The van der Waals surface area contributed by atoms with Gasteiger partial charge in [0.1, 0.15) is 11.6 Å². The van der Waals surface area contributed by atoms with Crippen LogP contribution in [0.25, 0.3) is 0 Å². The van der Waals surface area contributed by atoms with Crippen molar-refractivity contribution in [2.24, 2.45) is 13.0 Å². The molecule has 7 nitrogen and oxygen atoms in total. The Balaban J connectivity index is 1.75. The van der Waals surface area contributed by atoms with Crippen molar-refractivity contribution in [3.63, 3.8) is 0 Å². The third-order valence-corrected chi connectivity index (χ3v) is 5.14. The first-order valence-corrected chi connectivity index (χ1v) is 8.61. The van der Waals surface area contributed by atoms with Gasteiger partial charge in [-0.25, -0.2) is 0 Å². The Kier molecular flexibility index (Phi) is 4.43. The van der Waals surface area contributed by atoms with E-state index in [1.54, 1.807) is 0 Å². The van der Waals surface area contributed by atoms with Gasteiger partial charge in [-0.3, -0.25) is 9.48 Å². The van der Waals surface area contributed by atoms with Crippen molar-refractivity contribution in [1.82, 2.24) is 29.9 Å².